The maximum atomic E-state index is 12.6. The molecule has 30 heavy (non-hydrogen) atoms. The molecular weight excluding hydrogens is 406 g/mol. The highest BCUT2D eigenvalue weighted by atomic mass is 32.2. The Kier molecular flexibility index (Phi) is 6.59. The standard InChI is InChI=1S/C21H23N3O5S/c1-15(29-19-10-5-16(14-22)13-20(19)28-2)21(25)23-17-6-8-18(9-7-17)30(26,27)24-11-3-4-12-24/h5-10,13,15H,3-4,11-12H2,1-2H3,(H,23,25). The Balaban J connectivity index is 1.65. The van der Waals surface area contributed by atoms with Crippen molar-refractivity contribution in [1.29, 1.82) is 5.26 Å². The lowest BCUT2D eigenvalue weighted by atomic mass is 10.2. The summed E-state index contributed by atoms with van der Waals surface area (Å²) in [5, 5.41) is 11.7. The first-order valence-electron chi connectivity index (χ1n) is 9.51. The fraction of sp³-hybridized carbons (Fsp3) is 0.333. The van der Waals surface area contributed by atoms with E-state index in [2.05, 4.69) is 5.32 Å². The monoisotopic (exact) mass is 429 g/mol. The maximum absolute atomic E-state index is 12.6. The SMILES string of the molecule is COc1cc(C#N)ccc1OC(C)C(=O)Nc1ccc(S(=O)(=O)N2CCCC2)cc1. The number of amides is 1. The van der Waals surface area contributed by atoms with Gasteiger partial charge in [0.05, 0.1) is 23.6 Å². The Labute approximate surface area is 176 Å². The first kappa shape index (κ1) is 21.6. The van der Waals surface area contributed by atoms with Crippen molar-refractivity contribution in [2.75, 3.05) is 25.5 Å². The summed E-state index contributed by atoms with van der Waals surface area (Å²) in [7, 11) is -2.05. The minimum atomic E-state index is -3.50. The fourth-order valence-electron chi connectivity index (χ4n) is 3.11. The molecule has 1 heterocycles. The van der Waals surface area contributed by atoms with Gasteiger partial charge in [0, 0.05) is 24.8 Å². The predicted molar refractivity (Wildman–Crippen MR) is 111 cm³/mol. The van der Waals surface area contributed by atoms with Gasteiger partial charge < -0.3 is 14.8 Å². The second kappa shape index (κ2) is 9.15. The molecule has 0 bridgehead atoms. The summed E-state index contributed by atoms with van der Waals surface area (Å²) < 4.78 is 37.5. The Morgan fingerprint density at radius 3 is 2.40 bits per heavy atom. The normalized spacial score (nSPS) is 15.2. The van der Waals surface area contributed by atoms with Crippen molar-refractivity contribution in [3.05, 3.63) is 48.0 Å². The number of nitriles is 1. The quantitative estimate of drug-likeness (QED) is 0.725. The molecule has 1 atom stereocenters. The number of anilines is 1. The number of sulfonamides is 1. The number of carbonyl (C=O) groups excluding carboxylic acids is 1. The van der Waals surface area contributed by atoms with Crippen molar-refractivity contribution >= 4 is 21.6 Å². The van der Waals surface area contributed by atoms with Crippen LogP contribution in [0.4, 0.5) is 5.69 Å². The van der Waals surface area contributed by atoms with Crippen LogP contribution in [0.15, 0.2) is 47.4 Å². The molecule has 3 rings (SSSR count). The Hall–Kier alpha value is -3.09. The van der Waals surface area contributed by atoms with Gasteiger partial charge in [-0.2, -0.15) is 9.57 Å². The van der Waals surface area contributed by atoms with Crippen molar-refractivity contribution < 1.29 is 22.7 Å². The molecule has 2 aromatic carbocycles. The lowest BCUT2D eigenvalue weighted by Crippen LogP contribution is -2.30. The maximum Gasteiger partial charge on any atom is 0.265 e. The third-order valence-electron chi connectivity index (χ3n) is 4.79. The largest absolute Gasteiger partial charge is 0.493 e. The van der Waals surface area contributed by atoms with E-state index in [1.54, 1.807) is 31.2 Å². The minimum Gasteiger partial charge on any atom is -0.493 e. The molecule has 1 unspecified atom stereocenters. The first-order chi connectivity index (χ1) is 14.3. The van der Waals surface area contributed by atoms with Crippen LogP contribution in [-0.4, -0.2) is 44.9 Å². The predicted octanol–water partition coefficient (Wildman–Crippen LogP) is 2.76. The topological polar surface area (TPSA) is 109 Å². The number of rotatable bonds is 7. The highest BCUT2D eigenvalue weighted by Gasteiger charge is 2.27. The van der Waals surface area contributed by atoms with E-state index in [0.29, 0.717) is 35.8 Å². The molecule has 8 nitrogen and oxygen atoms in total. The van der Waals surface area contributed by atoms with Gasteiger partial charge >= 0.3 is 0 Å². The number of hydrogen-bond donors (Lipinski definition) is 1. The summed E-state index contributed by atoms with van der Waals surface area (Å²) in [6.45, 7) is 2.65. The van der Waals surface area contributed by atoms with Gasteiger partial charge in [0.15, 0.2) is 17.6 Å². The zero-order valence-electron chi connectivity index (χ0n) is 16.8. The average molecular weight is 429 g/mol. The van der Waals surface area contributed by atoms with Gasteiger partial charge in [-0.15, -0.1) is 0 Å². The zero-order valence-corrected chi connectivity index (χ0v) is 17.6. The van der Waals surface area contributed by atoms with Crippen molar-refractivity contribution in [2.24, 2.45) is 0 Å². The summed E-state index contributed by atoms with van der Waals surface area (Å²) in [6, 6.07) is 12.7. The fourth-order valence-corrected chi connectivity index (χ4v) is 4.63. The van der Waals surface area contributed by atoms with Crippen LogP contribution in [0.25, 0.3) is 0 Å². The lowest BCUT2D eigenvalue weighted by molar-refractivity contribution is -0.122. The Bertz CT molecular complexity index is 1060. The molecule has 0 radical (unpaired) electrons. The molecule has 1 aliphatic rings. The van der Waals surface area contributed by atoms with Gasteiger partial charge in [-0.3, -0.25) is 4.79 Å². The molecule has 1 fully saturated rings. The number of hydrogen-bond acceptors (Lipinski definition) is 6. The number of ether oxygens (including phenoxy) is 2. The molecule has 158 valence electrons. The van der Waals surface area contributed by atoms with Gasteiger partial charge in [0.25, 0.3) is 5.91 Å². The molecule has 1 saturated heterocycles. The van der Waals surface area contributed by atoms with Crippen LogP contribution in [0.2, 0.25) is 0 Å². The number of carbonyl (C=O) groups is 1. The third-order valence-corrected chi connectivity index (χ3v) is 6.70. The van der Waals surface area contributed by atoms with E-state index in [1.807, 2.05) is 6.07 Å². The molecule has 0 spiro atoms. The molecule has 0 aromatic heterocycles. The Morgan fingerprint density at radius 1 is 1.13 bits per heavy atom. The van der Waals surface area contributed by atoms with Crippen molar-refractivity contribution in [1.82, 2.24) is 4.31 Å². The van der Waals surface area contributed by atoms with Gasteiger partial charge in [0.1, 0.15) is 0 Å². The number of nitrogens with zero attached hydrogens (tertiary/aromatic N) is 2. The summed E-state index contributed by atoms with van der Waals surface area (Å²) in [4.78, 5) is 12.7. The number of methoxy groups -OCH3 is 1. The molecule has 1 aliphatic heterocycles. The zero-order chi connectivity index (χ0) is 21.7. The van der Waals surface area contributed by atoms with E-state index in [-0.39, 0.29) is 4.90 Å². The summed E-state index contributed by atoms with van der Waals surface area (Å²) >= 11 is 0. The third kappa shape index (κ3) is 4.72. The highest BCUT2D eigenvalue weighted by Crippen LogP contribution is 2.29. The average Bonchev–Trinajstić information content (AvgIpc) is 3.30. The molecule has 0 aliphatic carbocycles. The number of nitrogens with one attached hydrogen (secondary N) is 1. The lowest BCUT2D eigenvalue weighted by Gasteiger charge is -2.17. The van der Waals surface area contributed by atoms with Gasteiger partial charge in [-0.25, -0.2) is 8.42 Å². The van der Waals surface area contributed by atoms with Crippen molar-refractivity contribution in [3.63, 3.8) is 0 Å². The van der Waals surface area contributed by atoms with Gasteiger partial charge in [0.2, 0.25) is 10.0 Å². The highest BCUT2D eigenvalue weighted by molar-refractivity contribution is 7.89. The summed E-state index contributed by atoms with van der Waals surface area (Å²) in [6.07, 6.45) is 0.893. The molecule has 9 heteroatoms. The van der Waals surface area contributed by atoms with Crippen molar-refractivity contribution in [3.8, 4) is 17.6 Å². The van der Waals surface area contributed by atoms with E-state index < -0.39 is 22.0 Å². The smallest absolute Gasteiger partial charge is 0.265 e. The van der Waals surface area contributed by atoms with Crippen LogP contribution in [-0.2, 0) is 14.8 Å². The van der Waals surface area contributed by atoms with E-state index >= 15 is 0 Å². The van der Waals surface area contributed by atoms with Crippen LogP contribution >= 0.6 is 0 Å². The Morgan fingerprint density at radius 2 is 1.80 bits per heavy atom. The van der Waals surface area contributed by atoms with E-state index in [0.717, 1.165) is 12.8 Å². The molecular formula is C21H23N3O5S. The van der Waals surface area contributed by atoms with Gasteiger partial charge in [-0.1, -0.05) is 0 Å². The second-order valence-electron chi connectivity index (χ2n) is 6.86. The summed E-state index contributed by atoms with van der Waals surface area (Å²) in [5.74, 6) is 0.285. The van der Waals surface area contributed by atoms with Crippen LogP contribution < -0.4 is 14.8 Å². The molecule has 1 amide bonds. The van der Waals surface area contributed by atoms with Crippen LogP contribution in [0.5, 0.6) is 11.5 Å². The second-order valence-corrected chi connectivity index (χ2v) is 8.80. The van der Waals surface area contributed by atoms with Gasteiger partial charge in [-0.05, 0) is 56.2 Å². The minimum absolute atomic E-state index is 0.203. The van der Waals surface area contributed by atoms with Crippen LogP contribution in [0, 0.1) is 11.3 Å². The van der Waals surface area contributed by atoms with Crippen LogP contribution in [0.1, 0.15) is 25.3 Å². The van der Waals surface area contributed by atoms with Crippen molar-refractivity contribution in [2.45, 2.75) is 30.8 Å². The molecule has 0 saturated carbocycles. The van der Waals surface area contributed by atoms with Crippen LogP contribution in [0.3, 0.4) is 0 Å². The molecule has 1 N–H and O–H groups in total. The summed E-state index contributed by atoms with van der Waals surface area (Å²) in [5.41, 5.74) is 0.878. The number of benzene rings is 2. The van der Waals surface area contributed by atoms with E-state index in [9.17, 15) is 13.2 Å². The van der Waals surface area contributed by atoms with E-state index in [4.69, 9.17) is 14.7 Å². The first-order valence-corrected chi connectivity index (χ1v) is 10.9. The molecule has 2 aromatic rings. The van der Waals surface area contributed by atoms with E-state index in [1.165, 1.54) is 29.6 Å².